The smallest absolute Gasteiger partial charge is 0.341 e. The Kier molecular flexibility index (Phi) is 4.52. The predicted octanol–water partition coefficient (Wildman–Crippen LogP) is 3.87. The van der Waals surface area contributed by atoms with Crippen LogP contribution >= 0.6 is 0 Å². The van der Waals surface area contributed by atoms with Crippen LogP contribution in [-0.4, -0.2) is 27.7 Å². The number of nitrogens with zero attached hydrogens (tertiary/aromatic N) is 2. The molecular formula is C19H19N3O3. The summed E-state index contributed by atoms with van der Waals surface area (Å²) in [5.74, 6) is -0.262. The third kappa shape index (κ3) is 3.38. The first kappa shape index (κ1) is 16.7. The lowest BCUT2D eigenvalue weighted by Crippen LogP contribution is -2.10. The van der Waals surface area contributed by atoms with Crippen LogP contribution in [0.4, 0.5) is 11.4 Å². The van der Waals surface area contributed by atoms with Crippen LogP contribution in [0.25, 0.3) is 11.0 Å². The number of rotatable bonds is 4. The molecule has 0 saturated carbocycles. The molecule has 0 atom stereocenters. The van der Waals surface area contributed by atoms with E-state index in [1.54, 1.807) is 25.1 Å². The Morgan fingerprint density at radius 1 is 1.24 bits per heavy atom. The number of nitrogens with one attached hydrogen (secondary N) is 1. The number of hydrogen-bond acceptors (Lipinski definition) is 6. The van der Waals surface area contributed by atoms with Gasteiger partial charge in [0.15, 0.2) is 5.65 Å². The van der Waals surface area contributed by atoms with Crippen LogP contribution in [0, 0.1) is 13.8 Å². The summed E-state index contributed by atoms with van der Waals surface area (Å²) in [4.78, 5) is 21.1. The lowest BCUT2D eigenvalue weighted by molar-refractivity contribution is 0.0527. The number of fused-ring (bicyclic) bond motifs is 1. The van der Waals surface area contributed by atoms with Crippen molar-refractivity contribution < 1.29 is 14.6 Å². The number of carbonyl (C=O) groups is 1. The van der Waals surface area contributed by atoms with E-state index >= 15 is 0 Å². The highest BCUT2D eigenvalue weighted by Crippen LogP contribution is 2.31. The van der Waals surface area contributed by atoms with Gasteiger partial charge in [-0.3, -0.25) is 0 Å². The number of phenols is 1. The van der Waals surface area contributed by atoms with E-state index in [1.807, 2.05) is 26.0 Å². The fourth-order valence-corrected chi connectivity index (χ4v) is 2.59. The fraction of sp³-hybridized carbons (Fsp3) is 0.211. The van der Waals surface area contributed by atoms with E-state index in [1.165, 1.54) is 6.20 Å². The van der Waals surface area contributed by atoms with E-state index in [4.69, 9.17) is 4.74 Å². The van der Waals surface area contributed by atoms with E-state index in [-0.39, 0.29) is 12.4 Å². The molecule has 25 heavy (non-hydrogen) atoms. The van der Waals surface area contributed by atoms with Gasteiger partial charge >= 0.3 is 5.97 Å². The molecule has 0 radical (unpaired) electrons. The summed E-state index contributed by atoms with van der Waals surface area (Å²) < 4.78 is 5.15. The average Bonchev–Trinajstić information content (AvgIpc) is 2.57. The summed E-state index contributed by atoms with van der Waals surface area (Å²) in [6.07, 6.45) is 1.48. The number of aryl methyl sites for hydroxylation is 2. The zero-order valence-corrected chi connectivity index (χ0v) is 14.3. The van der Waals surface area contributed by atoms with Crippen LogP contribution in [0.3, 0.4) is 0 Å². The molecule has 1 aromatic carbocycles. The van der Waals surface area contributed by atoms with Gasteiger partial charge in [-0.25, -0.2) is 14.8 Å². The van der Waals surface area contributed by atoms with Crippen LogP contribution in [0.2, 0.25) is 0 Å². The lowest BCUT2D eigenvalue weighted by Gasteiger charge is -2.15. The van der Waals surface area contributed by atoms with Gasteiger partial charge in [0, 0.05) is 23.0 Å². The number of benzene rings is 1. The molecule has 0 fully saturated rings. The number of esters is 1. The van der Waals surface area contributed by atoms with Gasteiger partial charge in [0.05, 0.1) is 12.3 Å². The molecule has 6 heteroatoms. The Morgan fingerprint density at radius 2 is 2.04 bits per heavy atom. The first-order chi connectivity index (χ1) is 12.0. The van der Waals surface area contributed by atoms with Gasteiger partial charge in [-0.2, -0.15) is 0 Å². The van der Waals surface area contributed by atoms with E-state index in [0.717, 1.165) is 22.3 Å². The normalized spacial score (nSPS) is 10.7. The molecule has 3 rings (SSSR count). The van der Waals surface area contributed by atoms with Gasteiger partial charge in [-0.15, -0.1) is 0 Å². The molecule has 2 N–H and O–H groups in total. The molecule has 128 valence electrons. The van der Waals surface area contributed by atoms with Crippen molar-refractivity contribution in [1.29, 1.82) is 0 Å². The first-order valence-corrected chi connectivity index (χ1v) is 7.99. The number of hydrogen-bond donors (Lipinski definition) is 2. The molecule has 0 unspecified atom stereocenters. The number of aromatic nitrogens is 2. The van der Waals surface area contributed by atoms with Crippen molar-refractivity contribution in [1.82, 2.24) is 9.97 Å². The molecule has 6 nitrogen and oxygen atoms in total. The summed E-state index contributed by atoms with van der Waals surface area (Å²) in [6, 6.07) is 8.75. The van der Waals surface area contributed by atoms with Gasteiger partial charge in [-0.05, 0) is 56.7 Å². The molecular weight excluding hydrogens is 318 g/mol. The quantitative estimate of drug-likeness (QED) is 0.555. The Balaban J connectivity index is 2.17. The predicted molar refractivity (Wildman–Crippen MR) is 96.4 cm³/mol. The summed E-state index contributed by atoms with van der Waals surface area (Å²) in [5, 5.41) is 13.6. The highest BCUT2D eigenvalue weighted by molar-refractivity contribution is 6.05. The summed E-state index contributed by atoms with van der Waals surface area (Å²) in [7, 11) is 0. The zero-order valence-electron chi connectivity index (χ0n) is 14.3. The molecule has 0 aliphatic heterocycles. The minimum atomic E-state index is -0.448. The minimum absolute atomic E-state index is 0.186. The monoisotopic (exact) mass is 337 g/mol. The largest absolute Gasteiger partial charge is 0.508 e. The second-order valence-corrected chi connectivity index (χ2v) is 5.72. The number of phenolic OH excluding ortho intramolecular Hbond substituents is 1. The number of pyridine rings is 2. The van der Waals surface area contributed by atoms with E-state index < -0.39 is 5.97 Å². The van der Waals surface area contributed by atoms with Crippen LogP contribution in [0.5, 0.6) is 5.75 Å². The number of carbonyl (C=O) groups excluding carboxylic acids is 1. The maximum atomic E-state index is 12.3. The van der Waals surface area contributed by atoms with Crippen molar-refractivity contribution in [3.63, 3.8) is 0 Å². The molecule has 0 bridgehead atoms. The first-order valence-electron chi connectivity index (χ1n) is 7.99. The van der Waals surface area contributed by atoms with E-state index in [2.05, 4.69) is 15.3 Å². The standard InChI is InChI=1S/C19H19N3O3/c1-4-25-19(24)15-10-20-18-14(7-5-12(3)21-18)17(15)22-16-8-6-13(23)9-11(16)2/h5-10,23H,4H2,1-3H3,(H,20,21,22). The third-order valence-corrected chi connectivity index (χ3v) is 3.83. The Labute approximate surface area is 145 Å². The third-order valence-electron chi connectivity index (χ3n) is 3.83. The maximum absolute atomic E-state index is 12.3. The molecule has 0 amide bonds. The summed E-state index contributed by atoms with van der Waals surface area (Å²) in [6.45, 7) is 5.80. The van der Waals surface area contributed by atoms with Gasteiger partial charge in [-0.1, -0.05) is 0 Å². The van der Waals surface area contributed by atoms with Crippen molar-refractivity contribution in [2.45, 2.75) is 20.8 Å². The molecule has 3 aromatic rings. The molecule has 0 aliphatic carbocycles. The van der Waals surface area contributed by atoms with Crippen molar-refractivity contribution in [2.24, 2.45) is 0 Å². The Bertz CT molecular complexity index is 954. The second-order valence-electron chi connectivity index (χ2n) is 5.72. The number of aromatic hydroxyl groups is 1. The van der Waals surface area contributed by atoms with Crippen molar-refractivity contribution in [2.75, 3.05) is 11.9 Å². The van der Waals surface area contributed by atoms with Gasteiger partial charge in [0.25, 0.3) is 0 Å². The zero-order chi connectivity index (χ0) is 18.0. The lowest BCUT2D eigenvalue weighted by atomic mass is 10.1. The van der Waals surface area contributed by atoms with Gasteiger partial charge in [0.1, 0.15) is 11.3 Å². The van der Waals surface area contributed by atoms with Crippen LogP contribution in [0.1, 0.15) is 28.5 Å². The van der Waals surface area contributed by atoms with Gasteiger partial charge in [0.2, 0.25) is 0 Å². The van der Waals surface area contributed by atoms with Crippen molar-refractivity contribution >= 4 is 28.4 Å². The van der Waals surface area contributed by atoms with E-state index in [0.29, 0.717) is 16.9 Å². The number of anilines is 2. The maximum Gasteiger partial charge on any atom is 0.341 e. The van der Waals surface area contributed by atoms with E-state index in [9.17, 15) is 9.90 Å². The van der Waals surface area contributed by atoms with Crippen LogP contribution < -0.4 is 5.32 Å². The number of ether oxygens (including phenoxy) is 1. The molecule has 0 saturated heterocycles. The molecule has 2 aromatic heterocycles. The Hall–Kier alpha value is -3.15. The SMILES string of the molecule is CCOC(=O)c1cnc2nc(C)ccc2c1Nc1ccc(O)cc1C. The van der Waals surface area contributed by atoms with Crippen molar-refractivity contribution in [3.8, 4) is 5.75 Å². The van der Waals surface area contributed by atoms with Gasteiger partial charge < -0.3 is 15.2 Å². The highest BCUT2D eigenvalue weighted by Gasteiger charge is 2.18. The average molecular weight is 337 g/mol. The topological polar surface area (TPSA) is 84.3 Å². The molecule has 0 spiro atoms. The molecule has 0 aliphatic rings. The Morgan fingerprint density at radius 3 is 2.76 bits per heavy atom. The van der Waals surface area contributed by atoms with Crippen molar-refractivity contribution in [3.05, 3.63) is 53.3 Å². The molecule has 2 heterocycles. The van der Waals surface area contributed by atoms with Crippen LogP contribution in [0.15, 0.2) is 36.5 Å². The van der Waals surface area contributed by atoms with Crippen LogP contribution in [-0.2, 0) is 4.74 Å². The second kappa shape index (κ2) is 6.76. The minimum Gasteiger partial charge on any atom is -0.508 e. The summed E-state index contributed by atoms with van der Waals surface area (Å²) in [5.41, 5.74) is 3.94. The highest BCUT2D eigenvalue weighted by atomic mass is 16.5. The summed E-state index contributed by atoms with van der Waals surface area (Å²) >= 11 is 0. The fourth-order valence-electron chi connectivity index (χ4n) is 2.59.